The molecule has 6 atom stereocenters. The number of phenolic OH excluding ortho intramolecular Hbond substituents is 4. The standard InChI is InChI=1S/C35H34O13/c36-24-10-6-21(17-26(24)38)8-12-30(41)47-32-23(16-20-4-2-1-3-5-20)34(45,33(43)44)19-29-35(32,28(40)14-15-46-29)48-31(42)13-9-22-7-11-25(37)27(39)18-22/h1-13,17-18,23,28-29,32,36-40,45H,14-16,19H2,(H,43,44). The largest absolute Gasteiger partial charge is 0.504 e. The number of benzene rings is 3. The van der Waals surface area contributed by atoms with Crippen molar-refractivity contribution in [3.8, 4) is 23.0 Å². The van der Waals surface area contributed by atoms with Crippen molar-refractivity contribution in [2.45, 2.75) is 48.8 Å². The molecule has 6 unspecified atom stereocenters. The second-order valence-corrected chi connectivity index (χ2v) is 11.7. The number of aliphatic hydroxyl groups is 2. The van der Waals surface area contributed by atoms with Gasteiger partial charge in [-0.3, -0.25) is 0 Å². The van der Waals surface area contributed by atoms with Crippen molar-refractivity contribution >= 4 is 30.1 Å². The number of hydrogen-bond donors (Lipinski definition) is 7. The number of aromatic hydroxyl groups is 4. The maximum Gasteiger partial charge on any atom is 0.336 e. The third kappa shape index (κ3) is 6.83. The number of carbonyl (C=O) groups is 3. The molecule has 0 aromatic heterocycles. The summed E-state index contributed by atoms with van der Waals surface area (Å²) < 4.78 is 17.7. The lowest BCUT2D eigenvalue weighted by atomic mass is 9.60. The first-order valence-electron chi connectivity index (χ1n) is 15.0. The van der Waals surface area contributed by atoms with E-state index in [0.717, 1.165) is 12.2 Å². The maximum absolute atomic E-state index is 13.4. The van der Waals surface area contributed by atoms with Crippen LogP contribution in [-0.4, -0.2) is 89.8 Å². The summed E-state index contributed by atoms with van der Waals surface area (Å²) in [4.78, 5) is 39.6. The zero-order chi connectivity index (χ0) is 34.6. The fourth-order valence-corrected chi connectivity index (χ4v) is 6.23. The van der Waals surface area contributed by atoms with Crippen molar-refractivity contribution < 1.29 is 64.3 Å². The Morgan fingerprint density at radius 1 is 0.833 bits per heavy atom. The van der Waals surface area contributed by atoms with Gasteiger partial charge in [0, 0.05) is 37.5 Å². The first kappa shape index (κ1) is 34.0. The zero-order valence-corrected chi connectivity index (χ0v) is 25.4. The molecule has 13 heteroatoms. The van der Waals surface area contributed by atoms with Crippen LogP contribution in [-0.2, 0) is 35.0 Å². The summed E-state index contributed by atoms with van der Waals surface area (Å²) in [6.45, 7) is -0.0856. The number of aliphatic hydroxyl groups excluding tert-OH is 1. The molecule has 1 heterocycles. The molecule has 7 N–H and O–H groups in total. The molecule has 3 aromatic carbocycles. The van der Waals surface area contributed by atoms with Crippen molar-refractivity contribution in [2.75, 3.05) is 6.61 Å². The zero-order valence-electron chi connectivity index (χ0n) is 25.4. The molecule has 0 spiro atoms. The van der Waals surface area contributed by atoms with Crippen LogP contribution in [0.5, 0.6) is 23.0 Å². The predicted octanol–water partition coefficient (Wildman–Crippen LogP) is 2.66. The molecule has 3 aromatic rings. The highest BCUT2D eigenvalue weighted by Crippen LogP contribution is 2.50. The van der Waals surface area contributed by atoms with Crippen molar-refractivity contribution in [2.24, 2.45) is 5.92 Å². The molecule has 2 aliphatic rings. The van der Waals surface area contributed by atoms with Crippen molar-refractivity contribution in [1.29, 1.82) is 0 Å². The van der Waals surface area contributed by atoms with Crippen molar-refractivity contribution in [1.82, 2.24) is 0 Å². The molecule has 2 fully saturated rings. The molecule has 5 rings (SSSR count). The smallest absolute Gasteiger partial charge is 0.336 e. The summed E-state index contributed by atoms with van der Waals surface area (Å²) in [7, 11) is 0. The molecule has 1 aliphatic carbocycles. The van der Waals surface area contributed by atoms with Gasteiger partial charge < -0.3 is 50.0 Å². The van der Waals surface area contributed by atoms with E-state index in [1.807, 2.05) is 0 Å². The number of hydrogen-bond acceptors (Lipinski definition) is 12. The van der Waals surface area contributed by atoms with Gasteiger partial charge in [0.2, 0.25) is 5.60 Å². The summed E-state index contributed by atoms with van der Waals surface area (Å²) in [6, 6.07) is 16.0. The van der Waals surface area contributed by atoms with Crippen LogP contribution in [0, 0.1) is 5.92 Å². The Hall–Kier alpha value is -5.37. The highest BCUT2D eigenvalue weighted by atomic mass is 16.6. The SMILES string of the molecule is O=C(C=Cc1ccc(O)c(O)c1)OC1C(Cc2ccccc2)C(O)(C(=O)O)CC2OCCC(O)C21OC(=O)C=Cc1ccc(O)c(O)c1. The van der Waals surface area contributed by atoms with Crippen LogP contribution in [0.3, 0.4) is 0 Å². The highest BCUT2D eigenvalue weighted by Gasteiger charge is 2.70. The minimum Gasteiger partial charge on any atom is -0.504 e. The van der Waals surface area contributed by atoms with E-state index in [9.17, 15) is 50.1 Å². The van der Waals surface area contributed by atoms with Crippen molar-refractivity contribution in [3.05, 3.63) is 95.6 Å². The van der Waals surface area contributed by atoms with Crippen LogP contribution in [0.2, 0.25) is 0 Å². The molecule has 1 saturated carbocycles. The number of carboxylic acid groups (broad SMARTS) is 1. The molecular weight excluding hydrogens is 628 g/mol. The highest BCUT2D eigenvalue weighted by molar-refractivity contribution is 5.89. The Bertz CT molecular complexity index is 1740. The van der Waals surface area contributed by atoms with E-state index < -0.39 is 71.3 Å². The van der Waals surface area contributed by atoms with Gasteiger partial charge in [-0.15, -0.1) is 0 Å². The van der Waals surface area contributed by atoms with Gasteiger partial charge in [-0.2, -0.15) is 0 Å². The lowest BCUT2D eigenvalue weighted by Crippen LogP contribution is -2.76. The third-order valence-electron chi connectivity index (χ3n) is 8.67. The van der Waals surface area contributed by atoms with Crippen LogP contribution >= 0.6 is 0 Å². The molecule has 13 nitrogen and oxygen atoms in total. The number of aliphatic carboxylic acids is 1. The fourth-order valence-electron chi connectivity index (χ4n) is 6.23. The average Bonchev–Trinajstić information content (AvgIpc) is 3.05. The predicted molar refractivity (Wildman–Crippen MR) is 168 cm³/mol. The minimum absolute atomic E-state index is 0.0856. The van der Waals surface area contributed by atoms with E-state index in [-0.39, 0.29) is 30.9 Å². The van der Waals surface area contributed by atoms with E-state index in [1.54, 1.807) is 30.3 Å². The molecular formula is C35H34O13. The summed E-state index contributed by atoms with van der Waals surface area (Å²) in [5.74, 6) is -6.88. The normalized spacial score (nSPS) is 27.0. The lowest BCUT2D eigenvalue weighted by Gasteiger charge is -2.57. The van der Waals surface area contributed by atoms with Gasteiger partial charge in [0.15, 0.2) is 34.7 Å². The van der Waals surface area contributed by atoms with E-state index in [2.05, 4.69) is 0 Å². The van der Waals surface area contributed by atoms with E-state index in [4.69, 9.17) is 14.2 Å². The Morgan fingerprint density at radius 3 is 1.98 bits per heavy atom. The van der Waals surface area contributed by atoms with Crippen LogP contribution in [0.4, 0.5) is 0 Å². The van der Waals surface area contributed by atoms with E-state index in [1.165, 1.54) is 48.6 Å². The molecule has 1 aliphatic heterocycles. The molecule has 1 saturated heterocycles. The third-order valence-corrected chi connectivity index (χ3v) is 8.67. The van der Waals surface area contributed by atoms with Gasteiger partial charge >= 0.3 is 17.9 Å². The summed E-state index contributed by atoms with van der Waals surface area (Å²) in [5.41, 5.74) is -3.63. The first-order chi connectivity index (χ1) is 22.8. The van der Waals surface area contributed by atoms with Gasteiger partial charge in [-0.05, 0) is 59.5 Å². The summed E-state index contributed by atoms with van der Waals surface area (Å²) >= 11 is 0. The molecule has 252 valence electrons. The number of carboxylic acids is 1. The number of carbonyl (C=O) groups excluding carboxylic acids is 2. The molecule has 0 bridgehead atoms. The van der Waals surface area contributed by atoms with Crippen LogP contribution in [0.1, 0.15) is 29.5 Å². The van der Waals surface area contributed by atoms with Crippen molar-refractivity contribution in [3.63, 3.8) is 0 Å². The van der Waals surface area contributed by atoms with Gasteiger partial charge in [0.1, 0.15) is 12.2 Å². The van der Waals surface area contributed by atoms with Gasteiger partial charge in [0.25, 0.3) is 0 Å². The summed E-state index contributed by atoms with van der Waals surface area (Å²) in [6.07, 6.45) is -1.24. The molecule has 0 radical (unpaired) electrons. The number of esters is 2. The van der Waals surface area contributed by atoms with Crippen LogP contribution in [0.25, 0.3) is 12.2 Å². The lowest BCUT2D eigenvalue weighted by molar-refractivity contribution is -0.305. The molecule has 48 heavy (non-hydrogen) atoms. The van der Waals surface area contributed by atoms with Crippen LogP contribution in [0.15, 0.2) is 78.9 Å². The monoisotopic (exact) mass is 662 g/mol. The Balaban J connectivity index is 1.58. The minimum atomic E-state index is -2.58. The van der Waals surface area contributed by atoms with Crippen LogP contribution < -0.4 is 0 Å². The molecule has 0 amide bonds. The quantitative estimate of drug-likeness (QED) is 0.0997. The average molecular weight is 663 g/mol. The van der Waals surface area contributed by atoms with Gasteiger partial charge in [-0.1, -0.05) is 42.5 Å². The summed E-state index contributed by atoms with van der Waals surface area (Å²) in [5, 5.41) is 72.5. The second kappa shape index (κ2) is 13.8. The number of phenols is 4. The van der Waals surface area contributed by atoms with E-state index in [0.29, 0.717) is 16.7 Å². The number of fused-ring (bicyclic) bond motifs is 1. The Kier molecular flexibility index (Phi) is 9.75. The number of ether oxygens (including phenoxy) is 3. The Labute approximate surface area is 274 Å². The topological polar surface area (TPSA) is 221 Å². The first-order valence-corrected chi connectivity index (χ1v) is 15.0. The fraction of sp³-hybridized carbons (Fsp3) is 0.286. The van der Waals surface area contributed by atoms with Gasteiger partial charge in [-0.25, -0.2) is 14.4 Å². The second-order valence-electron chi connectivity index (χ2n) is 11.7. The maximum atomic E-state index is 13.4. The number of rotatable bonds is 9. The Morgan fingerprint density at radius 2 is 1.42 bits per heavy atom. The van der Waals surface area contributed by atoms with Gasteiger partial charge in [0.05, 0.1) is 0 Å². The van der Waals surface area contributed by atoms with E-state index >= 15 is 0 Å².